The molecule has 0 aliphatic carbocycles. The van der Waals surface area contributed by atoms with Crippen molar-refractivity contribution in [3.05, 3.63) is 35.4 Å². The second kappa shape index (κ2) is 11.8. The van der Waals surface area contributed by atoms with E-state index in [-0.39, 0.29) is 30.8 Å². The summed E-state index contributed by atoms with van der Waals surface area (Å²) in [4.78, 5) is 41.5. The van der Waals surface area contributed by atoms with Gasteiger partial charge in [0.15, 0.2) is 10.7 Å². The number of ether oxygens (including phenoxy) is 2. The standard InChI is InChI=1S/C27H39N3O6S/c1-17(2)14-21(26(34)30-15-22(31)24-27(30,37)23(32)16-36-24)28-25(33)20-6-4-18(5-7-20)19-8-10-29(11-9-19)12-13-35-3/h4-7,17,19,21-22,24,31,37H,8-16H2,1-3H3,(H,28,33)/t21-,22+,24+,27+/m0/s1. The number of nitrogens with one attached hydrogen (secondary N) is 1. The highest BCUT2D eigenvalue weighted by atomic mass is 32.1. The molecular weight excluding hydrogens is 494 g/mol. The number of rotatable bonds is 9. The Balaban J connectivity index is 1.41. The van der Waals surface area contributed by atoms with Crippen LogP contribution in [0.1, 0.15) is 54.9 Å². The zero-order valence-electron chi connectivity index (χ0n) is 21.9. The zero-order chi connectivity index (χ0) is 26.7. The number of hydrogen-bond donors (Lipinski definition) is 3. The molecule has 0 radical (unpaired) electrons. The molecule has 3 saturated heterocycles. The Hall–Kier alpha value is -1.98. The number of fused-ring (bicyclic) bond motifs is 1. The van der Waals surface area contributed by atoms with E-state index >= 15 is 0 Å². The van der Waals surface area contributed by atoms with Gasteiger partial charge in [-0.3, -0.25) is 14.4 Å². The minimum atomic E-state index is -1.52. The lowest BCUT2D eigenvalue weighted by Gasteiger charge is -2.34. The first-order valence-electron chi connectivity index (χ1n) is 13.1. The maximum atomic E-state index is 13.6. The fraction of sp³-hybridized carbons (Fsp3) is 0.667. The molecule has 0 bridgehead atoms. The van der Waals surface area contributed by atoms with E-state index < -0.39 is 29.0 Å². The first-order valence-corrected chi connectivity index (χ1v) is 13.6. The first-order chi connectivity index (χ1) is 17.6. The lowest BCUT2D eigenvalue weighted by atomic mass is 9.89. The third-order valence-corrected chi connectivity index (χ3v) is 8.50. The molecule has 3 aliphatic heterocycles. The number of thiol groups is 1. The monoisotopic (exact) mass is 533 g/mol. The normalized spacial score (nSPS) is 27.5. The van der Waals surface area contributed by atoms with Crippen molar-refractivity contribution < 1.29 is 29.0 Å². The Morgan fingerprint density at radius 3 is 2.54 bits per heavy atom. The van der Waals surface area contributed by atoms with Gasteiger partial charge in [-0.1, -0.05) is 26.0 Å². The van der Waals surface area contributed by atoms with Crippen molar-refractivity contribution in [1.82, 2.24) is 15.1 Å². The molecule has 204 valence electrons. The van der Waals surface area contributed by atoms with E-state index in [2.05, 4.69) is 22.8 Å². The molecule has 37 heavy (non-hydrogen) atoms. The van der Waals surface area contributed by atoms with Crippen LogP contribution in [0.15, 0.2) is 24.3 Å². The molecule has 0 unspecified atom stereocenters. The number of carbonyl (C=O) groups excluding carboxylic acids is 3. The van der Waals surface area contributed by atoms with Gasteiger partial charge in [0.25, 0.3) is 5.91 Å². The number of amides is 2. The van der Waals surface area contributed by atoms with Gasteiger partial charge in [0, 0.05) is 19.2 Å². The summed E-state index contributed by atoms with van der Waals surface area (Å²) in [6.45, 7) is 7.41. The molecular formula is C27H39N3O6S. The van der Waals surface area contributed by atoms with Gasteiger partial charge in [-0.15, -0.1) is 12.6 Å². The molecule has 0 spiro atoms. The summed E-state index contributed by atoms with van der Waals surface area (Å²) < 4.78 is 10.6. The lowest BCUT2D eigenvalue weighted by molar-refractivity contribution is -0.139. The van der Waals surface area contributed by atoms with Crippen molar-refractivity contribution in [2.45, 2.75) is 62.1 Å². The van der Waals surface area contributed by atoms with Crippen LogP contribution in [0.25, 0.3) is 0 Å². The number of Topliss-reactive ketones (excluding diaryl/α,β-unsaturated/α-hetero) is 1. The van der Waals surface area contributed by atoms with E-state index in [4.69, 9.17) is 9.47 Å². The predicted molar refractivity (Wildman–Crippen MR) is 142 cm³/mol. The van der Waals surface area contributed by atoms with Crippen molar-refractivity contribution in [3.8, 4) is 0 Å². The Kier molecular flexibility index (Phi) is 8.96. The van der Waals surface area contributed by atoms with Gasteiger partial charge in [0.1, 0.15) is 24.9 Å². The van der Waals surface area contributed by atoms with Crippen molar-refractivity contribution in [2.75, 3.05) is 46.5 Å². The molecule has 0 aromatic heterocycles. The molecule has 1 aromatic rings. The Bertz CT molecular complexity index is 981. The number of carbonyl (C=O) groups is 3. The van der Waals surface area contributed by atoms with E-state index in [1.165, 1.54) is 10.5 Å². The number of ketones is 1. The van der Waals surface area contributed by atoms with Crippen LogP contribution in [-0.2, 0) is 19.1 Å². The third kappa shape index (κ3) is 5.88. The molecule has 4 atom stereocenters. The van der Waals surface area contributed by atoms with E-state index in [1.807, 2.05) is 38.1 Å². The highest BCUT2D eigenvalue weighted by Crippen LogP contribution is 2.41. The summed E-state index contributed by atoms with van der Waals surface area (Å²) in [6.07, 6.45) is 0.637. The fourth-order valence-electron chi connectivity index (χ4n) is 5.65. The first kappa shape index (κ1) is 28.0. The summed E-state index contributed by atoms with van der Waals surface area (Å²) in [5, 5.41) is 13.3. The number of aliphatic hydroxyl groups is 1. The fourth-order valence-corrected chi connectivity index (χ4v) is 6.14. The average molecular weight is 534 g/mol. The van der Waals surface area contributed by atoms with Crippen LogP contribution in [0.2, 0.25) is 0 Å². The molecule has 3 fully saturated rings. The highest BCUT2D eigenvalue weighted by molar-refractivity contribution is 7.82. The topological polar surface area (TPSA) is 108 Å². The second-order valence-electron chi connectivity index (χ2n) is 10.8. The number of nitrogens with zero attached hydrogens (tertiary/aromatic N) is 2. The van der Waals surface area contributed by atoms with Crippen LogP contribution in [-0.4, -0.2) is 102 Å². The molecule has 0 saturated carbocycles. The maximum absolute atomic E-state index is 13.6. The smallest absolute Gasteiger partial charge is 0.251 e. The highest BCUT2D eigenvalue weighted by Gasteiger charge is 2.62. The maximum Gasteiger partial charge on any atom is 0.251 e. The number of methoxy groups -OCH3 is 1. The van der Waals surface area contributed by atoms with Crippen molar-refractivity contribution >= 4 is 30.2 Å². The van der Waals surface area contributed by atoms with Crippen molar-refractivity contribution in [2.24, 2.45) is 5.92 Å². The summed E-state index contributed by atoms with van der Waals surface area (Å²) in [7, 11) is 1.72. The van der Waals surface area contributed by atoms with Gasteiger partial charge >= 0.3 is 0 Å². The zero-order valence-corrected chi connectivity index (χ0v) is 22.8. The van der Waals surface area contributed by atoms with E-state index in [0.29, 0.717) is 17.9 Å². The number of aliphatic hydroxyl groups excluding tert-OH is 1. The van der Waals surface area contributed by atoms with Crippen LogP contribution < -0.4 is 5.32 Å². The van der Waals surface area contributed by atoms with Crippen LogP contribution in [0.3, 0.4) is 0 Å². The predicted octanol–water partition coefficient (Wildman–Crippen LogP) is 1.45. The Labute approximate surface area is 224 Å². The van der Waals surface area contributed by atoms with E-state index in [9.17, 15) is 19.5 Å². The number of hydrogen-bond acceptors (Lipinski definition) is 8. The van der Waals surface area contributed by atoms with Crippen LogP contribution >= 0.6 is 12.6 Å². The lowest BCUT2D eigenvalue weighted by Crippen LogP contribution is -2.57. The second-order valence-corrected chi connectivity index (χ2v) is 11.5. The largest absolute Gasteiger partial charge is 0.388 e. The number of likely N-dealkylation sites (tertiary alicyclic amines) is 2. The van der Waals surface area contributed by atoms with Crippen LogP contribution in [0.4, 0.5) is 0 Å². The molecule has 10 heteroatoms. The Morgan fingerprint density at radius 2 is 1.92 bits per heavy atom. The summed E-state index contributed by atoms with van der Waals surface area (Å²) in [6, 6.07) is 6.77. The molecule has 2 N–H and O–H groups in total. The molecule has 9 nitrogen and oxygen atoms in total. The van der Waals surface area contributed by atoms with Crippen LogP contribution in [0, 0.1) is 5.92 Å². The quantitative estimate of drug-likeness (QED) is 0.413. The molecule has 3 aliphatic rings. The van der Waals surface area contributed by atoms with Gasteiger partial charge in [0.2, 0.25) is 5.91 Å². The van der Waals surface area contributed by atoms with Gasteiger partial charge in [-0.2, -0.15) is 0 Å². The van der Waals surface area contributed by atoms with Gasteiger partial charge in [0.05, 0.1) is 13.2 Å². The van der Waals surface area contributed by atoms with Gasteiger partial charge < -0.3 is 29.7 Å². The number of benzene rings is 1. The SMILES string of the molecule is COCCN1CCC(c2ccc(C(=O)N[C@@H](CC(C)C)C(=O)N3C[C@@H](O)[C@H]4OCC(=O)[C@@]43S)cc2)CC1. The number of piperidine rings is 1. The summed E-state index contributed by atoms with van der Waals surface area (Å²) in [5.74, 6) is -0.576. The Morgan fingerprint density at radius 1 is 1.24 bits per heavy atom. The number of β-amino-alcohol motifs (C(OH)–C–C–N with tert-alkyl or cyclic N) is 1. The van der Waals surface area contributed by atoms with Crippen molar-refractivity contribution in [3.63, 3.8) is 0 Å². The average Bonchev–Trinajstić information content (AvgIpc) is 3.33. The van der Waals surface area contributed by atoms with Gasteiger partial charge in [-0.05, 0) is 61.9 Å². The summed E-state index contributed by atoms with van der Waals surface area (Å²) >= 11 is 4.51. The molecule has 1 aromatic carbocycles. The van der Waals surface area contributed by atoms with Crippen molar-refractivity contribution in [1.29, 1.82) is 0 Å². The van der Waals surface area contributed by atoms with Crippen LogP contribution in [0.5, 0.6) is 0 Å². The molecule has 2 amide bonds. The minimum absolute atomic E-state index is 0.0673. The molecule has 3 heterocycles. The van der Waals surface area contributed by atoms with E-state index in [1.54, 1.807) is 7.11 Å². The summed E-state index contributed by atoms with van der Waals surface area (Å²) in [5.41, 5.74) is 1.69. The molecule has 4 rings (SSSR count). The van der Waals surface area contributed by atoms with E-state index in [0.717, 1.165) is 39.1 Å². The van der Waals surface area contributed by atoms with Gasteiger partial charge in [-0.25, -0.2) is 0 Å². The third-order valence-electron chi connectivity index (χ3n) is 7.75. The minimum Gasteiger partial charge on any atom is -0.388 e.